The van der Waals surface area contributed by atoms with Crippen molar-refractivity contribution in [2.24, 2.45) is 0 Å². The Balaban J connectivity index is 1.77. The highest BCUT2D eigenvalue weighted by molar-refractivity contribution is 6.30. The van der Waals surface area contributed by atoms with Gasteiger partial charge in [-0.05, 0) is 36.1 Å². The van der Waals surface area contributed by atoms with Gasteiger partial charge in [0.05, 0.1) is 12.5 Å². The lowest BCUT2D eigenvalue weighted by atomic mass is 10.1. The van der Waals surface area contributed by atoms with E-state index in [9.17, 15) is 9.59 Å². The molecule has 4 nitrogen and oxygen atoms in total. The summed E-state index contributed by atoms with van der Waals surface area (Å²) in [5.74, 6) is -0.246. The van der Waals surface area contributed by atoms with Crippen molar-refractivity contribution in [2.75, 3.05) is 7.05 Å². The van der Waals surface area contributed by atoms with Crippen molar-refractivity contribution < 1.29 is 9.59 Å². The summed E-state index contributed by atoms with van der Waals surface area (Å²) in [6, 6.07) is 5.61. The number of halogens is 1. The van der Waals surface area contributed by atoms with Crippen LogP contribution >= 0.6 is 11.6 Å². The van der Waals surface area contributed by atoms with Crippen molar-refractivity contribution >= 4 is 23.4 Å². The van der Waals surface area contributed by atoms with Crippen molar-refractivity contribution in [1.82, 2.24) is 10.2 Å². The molecule has 2 atom stereocenters. The summed E-state index contributed by atoms with van der Waals surface area (Å²) in [6.07, 6.45) is 2.16. The third-order valence-electron chi connectivity index (χ3n) is 3.97. The fourth-order valence-electron chi connectivity index (χ4n) is 2.89. The minimum Gasteiger partial charge on any atom is -0.298 e. The van der Waals surface area contributed by atoms with Crippen molar-refractivity contribution in [3.63, 3.8) is 0 Å². The third-order valence-corrected chi connectivity index (χ3v) is 4.20. The number of hydrogen-bond donors (Lipinski definition) is 1. The Kier molecular flexibility index (Phi) is 3.07. The van der Waals surface area contributed by atoms with Crippen LogP contribution in [0.15, 0.2) is 18.2 Å². The first-order valence-electron chi connectivity index (χ1n) is 6.41. The fourth-order valence-corrected chi connectivity index (χ4v) is 3.08. The number of carbonyl (C=O) groups is 2. The van der Waals surface area contributed by atoms with Gasteiger partial charge in [0, 0.05) is 18.1 Å². The zero-order valence-electron chi connectivity index (χ0n) is 10.6. The summed E-state index contributed by atoms with van der Waals surface area (Å²) >= 11 is 5.98. The Bertz CT molecular complexity index is 558. The van der Waals surface area contributed by atoms with Crippen molar-refractivity contribution in [1.29, 1.82) is 0 Å². The average Bonchev–Trinajstić information content (AvgIpc) is 2.87. The standard InChI is InChI=1S/C14H15ClN2O2/c1-17-13(18)7-12(14(17)19)16-11-5-2-8-6-9(15)3-4-10(8)11/h3-4,6,11-12,16H,2,5,7H2,1H3. The number of nitrogens with one attached hydrogen (secondary N) is 1. The van der Waals surface area contributed by atoms with Crippen LogP contribution in [0.2, 0.25) is 5.02 Å². The van der Waals surface area contributed by atoms with E-state index in [1.807, 2.05) is 18.2 Å². The fraction of sp³-hybridized carbons (Fsp3) is 0.429. The smallest absolute Gasteiger partial charge is 0.246 e. The van der Waals surface area contributed by atoms with E-state index in [1.165, 1.54) is 23.1 Å². The molecule has 2 amide bonds. The van der Waals surface area contributed by atoms with Crippen LogP contribution in [0.1, 0.15) is 30.0 Å². The summed E-state index contributed by atoms with van der Waals surface area (Å²) in [6.45, 7) is 0. The zero-order chi connectivity index (χ0) is 13.6. The summed E-state index contributed by atoms with van der Waals surface area (Å²) in [5, 5.41) is 4.05. The topological polar surface area (TPSA) is 49.4 Å². The maximum Gasteiger partial charge on any atom is 0.246 e. The van der Waals surface area contributed by atoms with E-state index in [-0.39, 0.29) is 30.3 Å². The molecule has 1 N–H and O–H groups in total. The molecule has 2 aliphatic rings. The number of likely N-dealkylation sites (N-methyl/N-ethyl adjacent to an activating group) is 1. The molecular weight excluding hydrogens is 264 g/mol. The summed E-state index contributed by atoms with van der Waals surface area (Å²) in [4.78, 5) is 24.6. The monoisotopic (exact) mass is 278 g/mol. The summed E-state index contributed by atoms with van der Waals surface area (Å²) in [7, 11) is 1.54. The van der Waals surface area contributed by atoms with Crippen LogP contribution in [0, 0.1) is 0 Å². The number of nitrogens with zero attached hydrogens (tertiary/aromatic N) is 1. The average molecular weight is 279 g/mol. The number of benzene rings is 1. The van der Waals surface area contributed by atoms with Crippen LogP contribution in [0.3, 0.4) is 0 Å². The molecule has 3 rings (SSSR count). The van der Waals surface area contributed by atoms with Crippen LogP contribution in [-0.4, -0.2) is 29.8 Å². The molecule has 1 aliphatic heterocycles. The summed E-state index contributed by atoms with van der Waals surface area (Å²) < 4.78 is 0. The number of rotatable bonds is 2. The maximum absolute atomic E-state index is 11.9. The Labute approximate surface area is 116 Å². The highest BCUT2D eigenvalue weighted by Crippen LogP contribution is 2.33. The van der Waals surface area contributed by atoms with Crippen molar-refractivity contribution in [2.45, 2.75) is 31.3 Å². The van der Waals surface area contributed by atoms with Crippen molar-refractivity contribution in [3.05, 3.63) is 34.3 Å². The van der Waals surface area contributed by atoms with E-state index in [0.29, 0.717) is 0 Å². The van der Waals surface area contributed by atoms with Crippen molar-refractivity contribution in [3.8, 4) is 0 Å². The van der Waals surface area contributed by atoms with Crippen LogP contribution in [0.25, 0.3) is 0 Å². The number of fused-ring (bicyclic) bond motifs is 1. The Hall–Kier alpha value is -1.39. The van der Waals surface area contributed by atoms with Gasteiger partial charge in [-0.1, -0.05) is 17.7 Å². The van der Waals surface area contributed by atoms with Gasteiger partial charge in [0.15, 0.2) is 0 Å². The number of likely N-dealkylation sites (tertiary alicyclic amines) is 1. The number of hydrogen-bond acceptors (Lipinski definition) is 3. The minimum absolute atomic E-state index is 0.114. The Morgan fingerprint density at radius 2 is 2.11 bits per heavy atom. The van der Waals surface area contributed by atoms with E-state index in [4.69, 9.17) is 11.6 Å². The quantitative estimate of drug-likeness (QED) is 0.838. The molecule has 0 radical (unpaired) electrons. The normalized spacial score (nSPS) is 26.1. The van der Waals surface area contributed by atoms with Gasteiger partial charge in [0.1, 0.15) is 0 Å². The maximum atomic E-state index is 11.9. The highest BCUT2D eigenvalue weighted by Gasteiger charge is 2.38. The van der Waals surface area contributed by atoms with Gasteiger partial charge >= 0.3 is 0 Å². The SMILES string of the molecule is CN1C(=O)CC(NC2CCc3cc(Cl)ccc32)C1=O. The van der Waals surface area contributed by atoms with Crippen LogP contribution in [0.5, 0.6) is 0 Å². The highest BCUT2D eigenvalue weighted by atomic mass is 35.5. The summed E-state index contributed by atoms with van der Waals surface area (Å²) in [5.41, 5.74) is 2.43. The predicted molar refractivity (Wildman–Crippen MR) is 71.8 cm³/mol. The molecule has 2 unspecified atom stereocenters. The van der Waals surface area contributed by atoms with Crippen LogP contribution in [0.4, 0.5) is 0 Å². The lowest BCUT2D eigenvalue weighted by Gasteiger charge is -2.18. The molecule has 1 aromatic carbocycles. The first-order valence-corrected chi connectivity index (χ1v) is 6.79. The molecule has 0 saturated carbocycles. The van der Waals surface area contributed by atoms with Gasteiger partial charge in [0.2, 0.25) is 11.8 Å². The second kappa shape index (κ2) is 4.62. The van der Waals surface area contributed by atoms with E-state index >= 15 is 0 Å². The molecule has 1 saturated heterocycles. The molecule has 19 heavy (non-hydrogen) atoms. The van der Waals surface area contributed by atoms with Gasteiger partial charge < -0.3 is 0 Å². The van der Waals surface area contributed by atoms with Gasteiger partial charge in [0.25, 0.3) is 0 Å². The van der Waals surface area contributed by atoms with E-state index in [2.05, 4.69) is 5.32 Å². The van der Waals surface area contributed by atoms with Gasteiger partial charge in [-0.25, -0.2) is 0 Å². The van der Waals surface area contributed by atoms with E-state index in [1.54, 1.807) is 0 Å². The molecule has 0 aromatic heterocycles. The van der Waals surface area contributed by atoms with E-state index < -0.39 is 0 Å². The minimum atomic E-state index is -0.385. The third kappa shape index (κ3) is 2.15. The number of amides is 2. The first kappa shape index (κ1) is 12.6. The second-order valence-electron chi connectivity index (χ2n) is 5.15. The Morgan fingerprint density at radius 1 is 1.32 bits per heavy atom. The van der Waals surface area contributed by atoms with E-state index in [0.717, 1.165) is 17.9 Å². The molecule has 100 valence electrons. The number of aryl methyl sites for hydroxylation is 1. The zero-order valence-corrected chi connectivity index (χ0v) is 11.4. The first-order chi connectivity index (χ1) is 9.06. The molecular formula is C14H15ClN2O2. The molecule has 1 heterocycles. The van der Waals surface area contributed by atoms with Gasteiger partial charge in [-0.3, -0.25) is 19.8 Å². The molecule has 1 aliphatic carbocycles. The predicted octanol–water partition coefficient (Wildman–Crippen LogP) is 1.67. The molecule has 0 bridgehead atoms. The molecule has 1 aromatic rings. The lowest BCUT2D eigenvalue weighted by Crippen LogP contribution is -2.38. The van der Waals surface area contributed by atoms with Crippen LogP contribution < -0.4 is 5.32 Å². The van der Waals surface area contributed by atoms with Gasteiger partial charge in [-0.2, -0.15) is 0 Å². The second-order valence-corrected chi connectivity index (χ2v) is 5.59. The number of carbonyl (C=O) groups excluding carboxylic acids is 2. The lowest BCUT2D eigenvalue weighted by molar-refractivity contribution is -0.137. The largest absolute Gasteiger partial charge is 0.298 e. The molecule has 5 heteroatoms. The van der Waals surface area contributed by atoms with Gasteiger partial charge in [-0.15, -0.1) is 0 Å². The van der Waals surface area contributed by atoms with Crippen LogP contribution in [-0.2, 0) is 16.0 Å². The molecule has 1 fully saturated rings. The molecule has 0 spiro atoms. The number of imide groups is 1. The Morgan fingerprint density at radius 3 is 2.79 bits per heavy atom.